The van der Waals surface area contributed by atoms with Gasteiger partial charge in [-0.2, -0.15) is 5.26 Å². The van der Waals surface area contributed by atoms with Gasteiger partial charge in [-0.3, -0.25) is 4.79 Å². The molecule has 0 fully saturated rings. The van der Waals surface area contributed by atoms with E-state index in [0.717, 1.165) is 5.56 Å². The zero-order valence-corrected chi connectivity index (χ0v) is 13.3. The van der Waals surface area contributed by atoms with Gasteiger partial charge in [0.15, 0.2) is 11.6 Å². The summed E-state index contributed by atoms with van der Waals surface area (Å²) in [5, 5.41) is 11.5. The molecule has 2 aromatic rings. The summed E-state index contributed by atoms with van der Waals surface area (Å²) in [5.41, 5.74) is 1.86. The van der Waals surface area contributed by atoms with Gasteiger partial charge in [0.25, 0.3) is 0 Å². The number of rotatable bonds is 6. The monoisotopic (exact) mass is 330 g/mol. The number of methoxy groups -OCH3 is 1. The van der Waals surface area contributed by atoms with E-state index in [9.17, 15) is 9.18 Å². The number of nitrogens with zero attached hydrogens (tertiary/aromatic N) is 1. The van der Waals surface area contributed by atoms with Crippen LogP contribution in [-0.4, -0.2) is 18.8 Å². The predicted octanol–water partition coefficient (Wildman–Crippen LogP) is 3.58. The van der Waals surface area contributed by atoms with Crippen molar-refractivity contribution < 1.29 is 13.9 Å². The second kappa shape index (κ2) is 8.20. The number of amides is 1. The SMILES string of the molecule is COc1ccc(CSCC(=O)Nc2cccc(C#N)c2)cc1F. The Morgan fingerprint density at radius 2 is 2.17 bits per heavy atom. The molecule has 0 unspecified atom stereocenters. The zero-order chi connectivity index (χ0) is 16.7. The lowest BCUT2D eigenvalue weighted by Crippen LogP contribution is -2.14. The minimum Gasteiger partial charge on any atom is -0.494 e. The van der Waals surface area contributed by atoms with E-state index in [2.05, 4.69) is 5.32 Å². The largest absolute Gasteiger partial charge is 0.494 e. The molecule has 0 atom stereocenters. The van der Waals surface area contributed by atoms with Crippen molar-refractivity contribution in [3.8, 4) is 11.8 Å². The van der Waals surface area contributed by atoms with Crippen LogP contribution in [0, 0.1) is 17.1 Å². The van der Waals surface area contributed by atoms with Gasteiger partial charge in [0.1, 0.15) is 0 Å². The van der Waals surface area contributed by atoms with E-state index in [1.807, 2.05) is 6.07 Å². The molecule has 0 heterocycles. The molecule has 6 heteroatoms. The molecule has 118 valence electrons. The molecule has 0 aliphatic carbocycles. The highest BCUT2D eigenvalue weighted by Gasteiger charge is 2.06. The summed E-state index contributed by atoms with van der Waals surface area (Å²) in [5.74, 6) is 0.382. The van der Waals surface area contributed by atoms with Gasteiger partial charge in [-0.15, -0.1) is 11.8 Å². The Kier molecular flexibility index (Phi) is 6.01. The molecule has 2 aromatic carbocycles. The van der Waals surface area contributed by atoms with Gasteiger partial charge in [-0.05, 0) is 35.9 Å². The maximum Gasteiger partial charge on any atom is 0.234 e. The highest BCUT2D eigenvalue weighted by Crippen LogP contribution is 2.21. The standard InChI is InChI=1S/C17H15FN2O2S/c1-22-16-6-5-13(8-15(16)18)10-23-11-17(21)20-14-4-2-3-12(7-14)9-19/h2-8H,10-11H2,1H3,(H,20,21). The Balaban J connectivity index is 1.83. The van der Waals surface area contributed by atoms with Gasteiger partial charge in [0, 0.05) is 11.4 Å². The van der Waals surface area contributed by atoms with Crippen LogP contribution in [0.5, 0.6) is 5.75 Å². The van der Waals surface area contributed by atoms with Crippen molar-refractivity contribution in [3.05, 3.63) is 59.4 Å². The van der Waals surface area contributed by atoms with Crippen molar-refractivity contribution in [3.63, 3.8) is 0 Å². The van der Waals surface area contributed by atoms with Crippen LogP contribution in [0.1, 0.15) is 11.1 Å². The highest BCUT2D eigenvalue weighted by atomic mass is 32.2. The first-order valence-electron chi connectivity index (χ1n) is 6.82. The summed E-state index contributed by atoms with van der Waals surface area (Å²) in [4.78, 5) is 11.9. The topological polar surface area (TPSA) is 62.1 Å². The van der Waals surface area contributed by atoms with E-state index < -0.39 is 5.82 Å². The van der Waals surface area contributed by atoms with Gasteiger partial charge < -0.3 is 10.1 Å². The lowest BCUT2D eigenvalue weighted by Gasteiger charge is -2.07. The quantitative estimate of drug-likeness (QED) is 0.879. The van der Waals surface area contributed by atoms with Crippen LogP contribution in [-0.2, 0) is 10.5 Å². The van der Waals surface area contributed by atoms with Gasteiger partial charge >= 0.3 is 0 Å². The summed E-state index contributed by atoms with van der Waals surface area (Å²) in [6.07, 6.45) is 0. The van der Waals surface area contributed by atoms with Crippen molar-refractivity contribution in [2.45, 2.75) is 5.75 Å². The summed E-state index contributed by atoms with van der Waals surface area (Å²) in [6, 6.07) is 13.5. The number of halogens is 1. The average molecular weight is 330 g/mol. The van der Waals surface area contributed by atoms with E-state index >= 15 is 0 Å². The Labute approximate surface area is 138 Å². The fourth-order valence-electron chi connectivity index (χ4n) is 1.92. The molecule has 0 aliphatic heterocycles. The normalized spacial score (nSPS) is 9.96. The van der Waals surface area contributed by atoms with Crippen molar-refractivity contribution >= 4 is 23.4 Å². The number of carbonyl (C=O) groups is 1. The molecule has 0 saturated carbocycles. The second-order valence-corrected chi connectivity index (χ2v) is 5.69. The number of hydrogen-bond donors (Lipinski definition) is 1. The lowest BCUT2D eigenvalue weighted by molar-refractivity contribution is -0.113. The number of anilines is 1. The highest BCUT2D eigenvalue weighted by molar-refractivity contribution is 7.99. The molecule has 0 bridgehead atoms. The minimum absolute atomic E-state index is 0.168. The van der Waals surface area contributed by atoms with Crippen LogP contribution in [0.2, 0.25) is 0 Å². The average Bonchev–Trinajstić information content (AvgIpc) is 2.55. The van der Waals surface area contributed by atoms with Crippen molar-refractivity contribution in [2.75, 3.05) is 18.2 Å². The number of benzene rings is 2. The summed E-state index contributed by atoms with van der Waals surface area (Å²) in [6.45, 7) is 0. The summed E-state index contributed by atoms with van der Waals surface area (Å²) < 4.78 is 18.4. The molecular weight excluding hydrogens is 315 g/mol. The number of carbonyl (C=O) groups excluding carboxylic acids is 1. The molecule has 0 aromatic heterocycles. The number of ether oxygens (including phenoxy) is 1. The molecule has 0 saturated heterocycles. The second-order valence-electron chi connectivity index (χ2n) is 4.70. The first-order chi connectivity index (χ1) is 11.1. The van der Waals surface area contributed by atoms with Gasteiger partial charge in [0.2, 0.25) is 5.91 Å². The summed E-state index contributed by atoms with van der Waals surface area (Å²) >= 11 is 1.38. The van der Waals surface area contributed by atoms with E-state index in [-0.39, 0.29) is 17.4 Å². The molecule has 0 radical (unpaired) electrons. The minimum atomic E-state index is -0.414. The zero-order valence-electron chi connectivity index (χ0n) is 12.5. The molecule has 1 N–H and O–H groups in total. The van der Waals surface area contributed by atoms with Gasteiger partial charge in [-0.1, -0.05) is 12.1 Å². The first kappa shape index (κ1) is 16.8. The molecule has 1 amide bonds. The van der Waals surface area contributed by atoms with Crippen LogP contribution in [0.3, 0.4) is 0 Å². The number of nitrogens with one attached hydrogen (secondary N) is 1. The molecule has 2 rings (SSSR count). The van der Waals surface area contributed by atoms with Crippen molar-refractivity contribution in [1.29, 1.82) is 5.26 Å². The van der Waals surface area contributed by atoms with E-state index in [1.165, 1.54) is 24.9 Å². The van der Waals surface area contributed by atoms with Crippen LogP contribution in [0.15, 0.2) is 42.5 Å². The third kappa shape index (κ3) is 5.01. The first-order valence-corrected chi connectivity index (χ1v) is 7.98. The molecule has 4 nitrogen and oxygen atoms in total. The predicted molar refractivity (Wildman–Crippen MR) is 88.9 cm³/mol. The maximum absolute atomic E-state index is 13.6. The fraction of sp³-hybridized carbons (Fsp3) is 0.176. The van der Waals surface area contributed by atoms with E-state index in [1.54, 1.807) is 36.4 Å². The van der Waals surface area contributed by atoms with Crippen LogP contribution < -0.4 is 10.1 Å². The Hall–Kier alpha value is -2.52. The Morgan fingerprint density at radius 1 is 1.35 bits per heavy atom. The molecule has 0 aliphatic rings. The fourth-order valence-corrected chi connectivity index (χ4v) is 2.70. The van der Waals surface area contributed by atoms with Gasteiger partial charge in [0.05, 0.1) is 24.5 Å². The van der Waals surface area contributed by atoms with E-state index in [4.69, 9.17) is 10.00 Å². The van der Waals surface area contributed by atoms with Gasteiger partial charge in [-0.25, -0.2) is 4.39 Å². The third-order valence-corrected chi connectivity index (χ3v) is 4.00. The smallest absolute Gasteiger partial charge is 0.234 e. The lowest BCUT2D eigenvalue weighted by atomic mass is 10.2. The summed E-state index contributed by atoms with van der Waals surface area (Å²) in [7, 11) is 1.42. The molecular formula is C17H15FN2O2S. The Bertz CT molecular complexity index is 744. The maximum atomic E-state index is 13.6. The van der Waals surface area contributed by atoms with Crippen LogP contribution in [0.4, 0.5) is 10.1 Å². The Morgan fingerprint density at radius 3 is 2.87 bits per heavy atom. The van der Waals surface area contributed by atoms with E-state index in [0.29, 0.717) is 17.0 Å². The van der Waals surface area contributed by atoms with Crippen LogP contribution in [0.25, 0.3) is 0 Å². The number of thioether (sulfide) groups is 1. The molecule has 23 heavy (non-hydrogen) atoms. The molecule has 0 spiro atoms. The van der Waals surface area contributed by atoms with Crippen molar-refractivity contribution in [1.82, 2.24) is 0 Å². The third-order valence-electron chi connectivity index (χ3n) is 2.99. The number of hydrogen-bond acceptors (Lipinski definition) is 4. The van der Waals surface area contributed by atoms with Crippen molar-refractivity contribution in [2.24, 2.45) is 0 Å². The number of nitriles is 1. The van der Waals surface area contributed by atoms with Crippen LogP contribution >= 0.6 is 11.8 Å².